The minimum Gasteiger partial charge on any atom is -0.294 e. The van der Waals surface area contributed by atoms with Gasteiger partial charge in [-0.2, -0.15) is 0 Å². The fourth-order valence-corrected chi connectivity index (χ4v) is 2.67. The van der Waals surface area contributed by atoms with E-state index in [1.165, 1.54) is 11.3 Å². The maximum atomic E-state index is 12.0. The largest absolute Gasteiger partial charge is 0.294 e. The molecule has 0 fully saturated rings. The lowest BCUT2D eigenvalue weighted by molar-refractivity contribution is 0.0993. The Labute approximate surface area is 109 Å². The first-order valence-electron chi connectivity index (χ1n) is 5.26. The van der Waals surface area contributed by atoms with Crippen molar-refractivity contribution in [2.45, 2.75) is 20.3 Å². The number of rotatable bonds is 3. The molecule has 0 aliphatic rings. The van der Waals surface area contributed by atoms with Gasteiger partial charge in [-0.1, -0.05) is 17.7 Å². The Bertz CT molecular complexity index is 562. The molecular formula is C13H12ClNOS. The Balaban J connectivity index is 2.20. The fourth-order valence-electron chi connectivity index (χ4n) is 1.56. The van der Waals surface area contributed by atoms with E-state index in [-0.39, 0.29) is 5.78 Å². The lowest BCUT2D eigenvalue weighted by Crippen LogP contribution is -2.04. The average Bonchev–Trinajstić information content (AvgIpc) is 2.63. The monoisotopic (exact) mass is 265 g/mol. The second-order valence-corrected chi connectivity index (χ2v) is 5.32. The van der Waals surface area contributed by atoms with E-state index in [4.69, 9.17) is 11.6 Å². The van der Waals surface area contributed by atoms with Crippen LogP contribution in [0.15, 0.2) is 23.6 Å². The molecule has 17 heavy (non-hydrogen) atoms. The lowest BCUT2D eigenvalue weighted by Gasteiger charge is -2.03. The van der Waals surface area contributed by atoms with Crippen molar-refractivity contribution < 1.29 is 4.79 Å². The Morgan fingerprint density at radius 2 is 2.18 bits per heavy atom. The van der Waals surface area contributed by atoms with E-state index in [0.717, 1.165) is 16.3 Å². The van der Waals surface area contributed by atoms with Crippen LogP contribution in [0.3, 0.4) is 0 Å². The van der Waals surface area contributed by atoms with Gasteiger partial charge in [0.15, 0.2) is 5.78 Å². The van der Waals surface area contributed by atoms with Crippen LogP contribution in [0.5, 0.6) is 0 Å². The van der Waals surface area contributed by atoms with Gasteiger partial charge in [-0.25, -0.2) is 4.98 Å². The van der Waals surface area contributed by atoms with E-state index >= 15 is 0 Å². The molecule has 0 saturated heterocycles. The van der Waals surface area contributed by atoms with Gasteiger partial charge >= 0.3 is 0 Å². The molecule has 1 heterocycles. The van der Waals surface area contributed by atoms with E-state index in [9.17, 15) is 4.79 Å². The summed E-state index contributed by atoms with van der Waals surface area (Å²) >= 11 is 7.56. The van der Waals surface area contributed by atoms with Crippen molar-refractivity contribution in [2.24, 2.45) is 0 Å². The lowest BCUT2D eigenvalue weighted by atomic mass is 10.1. The van der Waals surface area contributed by atoms with E-state index in [1.54, 1.807) is 6.07 Å². The number of hydrogen-bond acceptors (Lipinski definition) is 3. The first kappa shape index (κ1) is 12.3. The van der Waals surface area contributed by atoms with Crippen LogP contribution in [-0.4, -0.2) is 10.8 Å². The predicted octanol–water partition coefficient (Wildman–Crippen LogP) is 3.84. The molecule has 1 aromatic carbocycles. The minimum atomic E-state index is 0.0179. The number of aryl methyl sites for hydroxylation is 2. The summed E-state index contributed by atoms with van der Waals surface area (Å²) in [6, 6.07) is 5.48. The summed E-state index contributed by atoms with van der Waals surface area (Å²) in [6.45, 7) is 3.87. The predicted molar refractivity (Wildman–Crippen MR) is 71.1 cm³/mol. The highest BCUT2D eigenvalue weighted by Gasteiger charge is 2.12. The third-order valence-electron chi connectivity index (χ3n) is 2.40. The molecule has 0 bridgehead atoms. The van der Waals surface area contributed by atoms with Crippen molar-refractivity contribution in [1.29, 1.82) is 0 Å². The Morgan fingerprint density at radius 1 is 1.41 bits per heavy atom. The average molecular weight is 266 g/mol. The van der Waals surface area contributed by atoms with Gasteiger partial charge in [0, 0.05) is 16.6 Å². The van der Waals surface area contributed by atoms with Gasteiger partial charge in [0.25, 0.3) is 0 Å². The number of halogens is 1. The van der Waals surface area contributed by atoms with E-state index in [2.05, 4.69) is 4.98 Å². The SMILES string of the molecule is Cc1ccc(C(=O)Cc2nc(C)cs2)c(Cl)c1. The van der Waals surface area contributed by atoms with Crippen LogP contribution in [-0.2, 0) is 6.42 Å². The smallest absolute Gasteiger partial charge is 0.171 e. The summed E-state index contributed by atoms with van der Waals surface area (Å²) in [5, 5.41) is 3.30. The van der Waals surface area contributed by atoms with E-state index < -0.39 is 0 Å². The molecule has 0 spiro atoms. The molecule has 2 aromatic rings. The van der Waals surface area contributed by atoms with Crippen LogP contribution in [0.1, 0.15) is 26.6 Å². The van der Waals surface area contributed by atoms with Crippen LogP contribution >= 0.6 is 22.9 Å². The number of Topliss-reactive ketones (excluding diaryl/α,β-unsaturated/α-hetero) is 1. The zero-order valence-electron chi connectivity index (χ0n) is 9.66. The summed E-state index contributed by atoms with van der Waals surface area (Å²) in [7, 11) is 0. The second kappa shape index (κ2) is 4.98. The maximum Gasteiger partial charge on any atom is 0.171 e. The van der Waals surface area contributed by atoms with Crippen molar-refractivity contribution in [3.05, 3.63) is 50.4 Å². The van der Waals surface area contributed by atoms with Crippen molar-refractivity contribution in [3.8, 4) is 0 Å². The standard InChI is InChI=1S/C13H12ClNOS/c1-8-3-4-10(11(14)5-8)12(16)6-13-15-9(2)7-17-13/h3-5,7H,6H2,1-2H3. The number of carbonyl (C=O) groups excluding carboxylic acids is 1. The second-order valence-electron chi connectivity index (χ2n) is 3.97. The van der Waals surface area contributed by atoms with Gasteiger partial charge in [0.2, 0.25) is 0 Å². The first-order chi connectivity index (χ1) is 8.06. The maximum absolute atomic E-state index is 12.0. The molecule has 88 valence electrons. The quantitative estimate of drug-likeness (QED) is 0.790. The van der Waals surface area contributed by atoms with Gasteiger partial charge in [-0.3, -0.25) is 4.79 Å². The van der Waals surface area contributed by atoms with Crippen molar-refractivity contribution in [3.63, 3.8) is 0 Å². The van der Waals surface area contributed by atoms with Crippen LogP contribution in [0, 0.1) is 13.8 Å². The van der Waals surface area contributed by atoms with Gasteiger partial charge in [-0.15, -0.1) is 11.3 Å². The molecule has 0 saturated carbocycles. The van der Waals surface area contributed by atoms with Gasteiger partial charge in [0.05, 0.1) is 11.4 Å². The number of carbonyl (C=O) groups is 1. The third kappa shape index (κ3) is 2.93. The van der Waals surface area contributed by atoms with E-state index in [1.807, 2.05) is 31.4 Å². The first-order valence-corrected chi connectivity index (χ1v) is 6.52. The molecule has 4 heteroatoms. The zero-order valence-corrected chi connectivity index (χ0v) is 11.2. The molecule has 0 N–H and O–H groups in total. The van der Waals surface area contributed by atoms with Crippen molar-refractivity contribution >= 4 is 28.7 Å². The molecule has 0 aliphatic carbocycles. The number of nitrogens with zero attached hydrogens (tertiary/aromatic N) is 1. The summed E-state index contributed by atoms with van der Waals surface area (Å²) in [4.78, 5) is 16.3. The third-order valence-corrected chi connectivity index (χ3v) is 3.68. The molecule has 1 aromatic heterocycles. The Morgan fingerprint density at radius 3 is 2.76 bits per heavy atom. The van der Waals surface area contributed by atoms with Crippen molar-refractivity contribution in [2.75, 3.05) is 0 Å². The molecule has 0 aliphatic heterocycles. The Hall–Kier alpha value is -1.19. The molecule has 0 atom stereocenters. The zero-order chi connectivity index (χ0) is 12.4. The van der Waals surface area contributed by atoms with Gasteiger partial charge in [-0.05, 0) is 31.5 Å². The Kier molecular flexibility index (Phi) is 3.60. The molecule has 2 rings (SSSR count). The van der Waals surface area contributed by atoms with Crippen molar-refractivity contribution in [1.82, 2.24) is 4.98 Å². The summed E-state index contributed by atoms with van der Waals surface area (Å²) < 4.78 is 0. The van der Waals surface area contributed by atoms with Gasteiger partial charge < -0.3 is 0 Å². The molecule has 2 nitrogen and oxygen atoms in total. The highest BCUT2D eigenvalue weighted by atomic mass is 35.5. The number of ketones is 1. The summed E-state index contributed by atoms with van der Waals surface area (Å²) in [5.41, 5.74) is 2.58. The minimum absolute atomic E-state index is 0.0179. The number of benzene rings is 1. The van der Waals surface area contributed by atoms with Gasteiger partial charge in [0.1, 0.15) is 5.01 Å². The number of aromatic nitrogens is 1. The molecule has 0 unspecified atom stereocenters. The highest BCUT2D eigenvalue weighted by molar-refractivity contribution is 7.09. The molecule has 0 radical (unpaired) electrons. The number of hydrogen-bond donors (Lipinski definition) is 0. The van der Waals surface area contributed by atoms with Crippen LogP contribution in [0.25, 0.3) is 0 Å². The topological polar surface area (TPSA) is 30.0 Å². The van der Waals surface area contributed by atoms with Crippen LogP contribution in [0.4, 0.5) is 0 Å². The molecular weight excluding hydrogens is 254 g/mol. The normalized spacial score (nSPS) is 10.5. The van der Waals surface area contributed by atoms with Crippen LogP contribution < -0.4 is 0 Å². The fraction of sp³-hybridized carbons (Fsp3) is 0.231. The number of thiazole rings is 1. The summed E-state index contributed by atoms with van der Waals surface area (Å²) in [5.74, 6) is 0.0179. The summed E-state index contributed by atoms with van der Waals surface area (Å²) in [6.07, 6.45) is 0.321. The van der Waals surface area contributed by atoms with E-state index in [0.29, 0.717) is 17.0 Å². The van der Waals surface area contributed by atoms with Crippen LogP contribution in [0.2, 0.25) is 5.02 Å². The highest BCUT2D eigenvalue weighted by Crippen LogP contribution is 2.20. The molecule has 0 amide bonds.